The maximum absolute atomic E-state index is 13.2. The van der Waals surface area contributed by atoms with Gasteiger partial charge >= 0.3 is 0 Å². The van der Waals surface area contributed by atoms with Gasteiger partial charge in [-0.1, -0.05) is 24.3 Å². The van der Waals surface area contributed by atoms with Gasteiger partial charge in [0.2, 0.25) is 0 Å². The molecular weight excluding hydrogens is 494 g/mol. The quantitative estimate of drug-likeness (QED) is 0.486. The monoisotopic (exact) mass is 529 g/mol. The highest BCUT2D eigenvalue weighted by Gasteiger charge is 2.32. The van der Waals surface area contributed by atoms with Gasteiger partial charge in [-0.3, -0.25) is 9.59 Å². The molecule has 8 nitrogen and oxygen atoms in total. The van der Waals surface area contributed by atoms with Crippen LogP contribution >= 0.6 is 12.4 Å². The number of halogens is 1. The molecule has 0 saturated carbocycles. The van der Waals surface area contributed by atoms with Crippen LogP contribution in [-0.2, 0) is 24.2 Å². The SMILES string of the molecule is CCOc1cc2c(cc1C(=O)NCC(O)[C@@H]1Cc3ccccc3CN1)CN(CC1CCOCC1)C2=O.Cl. The number of benzene rings is 2. The number of aliphatic hydroxyl groups is 1. The van der Waals surface area contributed by atoms with E-state index in [2.05, 4.69) is 22.8 Å². The van der Waals surface area contributed by atoms with Gasteiger partial charge in [-0.2, -0.15) is 0 Å². The fourth-order valence-electron chi connectivity index (χ4n) is 5.43. The molecule has 1 unspecified atom stereocenters. The van der Waals surface area contributed by atoms with Gasteiger partial charge in [0, 0.05) is 51.0 Å². The number of carbonyl (C=O) groups excluding carboxylic acids is 2. The van der Waals surface area contributed by atoms with Crippen LogP contribution < -0.4 is 15.4 Å². The van der Waals surface area contributed by atoms with Crippen LogP contribution in [-0.4, -0.2) is 66.9 Å². The zero-order chi connectivity index (χ0) is 25.1. The first-order valence-corrected chi connectivity index (χ1v) is 13.0. The molecule has 3 N–H and O–H groups in total. The molecule has 0 aromatic heterocycles. The topological polar surface area (TPSA) is 100 Å². The van der Waals surface area contributed by atoms with E-state index < -0.39 is 6.10 Å². The largest absolute Gasteiger partial charge is 0.493 e. The molecule has 37 heavy (non-hydrogen) atoms. The Morgan fingerprint density at radius 1 is 1.22 bits per heavy atom. The Bertz CT molecular complexity index is 1120. The third-order valence-electron chi connectivity index (χ3n) is 7.50. The van der Waals surface area contributed by atoms with E-state index >= 15 is 0 Å². The first-order chi connectivity index (χ1) is 17.5. The van der Waals surface area contributed by atoms with Crippen LogP contribution in [0.4, 0.5) is 0 Å². The molecule has 0 aliphatic carbocycles. The minimum absolute atomic E-state index is 0. The van der Waals surface area contributed by atoms with Gasteiger partial charge in [-0.15, -0.1) is 12.4 Å². The van der Waals surface area contributed by atoms with Crippen molar-refractivity contribution in [2.45, 2.75) is 51.4 Å². The van der Waals surface area contributed by atoms with Crippen LogP contribution in [0.3, 0.4) is 0 Å². The molecule has 9 heteroatoms. The number of rotatable bonds is 8. The Labute approximate surface area is 224 Å². The summed E-state index contributed by atoms with van der Waals surface area (Å²) in [5.41, 5.74) is 4.30. The van der Waals surface area contributed by atoms with E-state index in [9.17, 15) is 14.7 Å². The summed E-state index contributed by atoms with van der Waals surface area (Å²) in [6.45, 7) is 5.73. The van der Waals surface area contributed by atoms with E-state index in [0.717, 1.165) is 31.6 Å². The van der Waals surface area contributed by atoms with Crippen LogP contribution in [0.5, 0.6) is 5.75 Å². The van der Waals surface area contributed by atoms with E-state index in [1.54, 1.807) is 12.1 Å². The lowest BCUT2D eigenvalue weighted by molar-refractivity contribution is 0.0469. The highest BCUT2D eigenvalue weighted by molar-refractivity contribution is 6.03. The number of carbonyl (C=O) groups is 2. The molecule has 5 rings (SSSR count). The summed E-state index contributed by atoms with van der Waals surface area (Å²) in [5.74, 6) is 0.512. The minimum atomic E-state index is -0.733. The molecular formula is C28H36ClN3O5. The number of nitrogens with zero attached hydrogens (tertiary/aromatic N) is 1. The van der Waals surface area contributed by atoms with E-state index in [-0.39, 0.29) is 36.8 Å². The van der Waals surface area contributed by atoms with Crippen molar-refractivity contribution in [2.24, 2.45) is 5.92 Å². The summed E-state index contributed by atoms with van der Waals surface area (Å²) in [7, 11) is 0. The fraction of sp³-hybridized carbons (Fsp3) is 0.500. The van der Waals surface area contributed by atoms with E-state index in [1.807, 2.05) is 24.0 Å². The molecule has 2 aromatic carbocycles. The standard InChI is InChI=1S/C28H35N3O5.ClH/c1-2-36-26-13-22-21(17-31(28(22)34)16-18-7-9-35-10-8-18)11-23(26)27(33)30-15-25(32)24-12-19-5-3-4-6-20(19)14-29-24;/h3-6,11,13,18,24-25,29,32H,2,7-10,12,14-17H2,1H3,(H,30,33);1H/t24-,25?;/m0./s1. The second-order valence-corrected chi connectivity index (χ2v) is 9.92. The lowest BCUT2D eigenvalue weighted by Gasteiger charge is -2.30. The van der Waals surface area contributed by atoms with Crippen molar-refractivity contribution in [3.8, 4) is 5.75 Å². The summed E-state index contributed by atoms with van der Waals surface area (Å²) in [4.78, 5) is 28.1. The molecule has 1 saturated heterocycles. The lowest BCUT2D eigenvalue weighted by atomic mass is 9.93. The number of aliphatic hydroxyl groups excluding tert-OH is 1. The number of nitrogens with one attached hydrogen (secondary N) is 2. The summed E-state index contributed by atoms with van der Waals surface area (Å²) < 4.78 is 11.2. The molecule has 3 aliphatic heterocycles. The predicted octanol–water partition coefficient (Wildman–Crippen LogP) is 2.69. The zero-order valence-corrected chi connectivity index (χ0v) is 22.0. The number of hydrogen-bond donors (Lipinski definition) is 3. The first-order valence-electron chi connectivity index (χ1n) is 13.0. The zero-order valence-electron chi connectivity index (χ0n) is 21.2. The Hall–Kier alpha value is -2.65. The average molecular weight is 530 g/mol. The lowest BCUT2D eigenvalue weighted by Crippen LogP contribution is -2.49. The van der Waals surface area contributed by atoms with Gasteiger partial charge in [0.1, 0.15) is 5.75 Å². The number of hydrogen-bond acceptors (Lipinski definition) is 6. The Morgan fingerprint density at radius 3 is 2.73 bits per heavy atom. The molecule has 200 valence electrons. The van der Waals surface area contributed by atoms with Crippen LogP contribution in [0.25, 0.3) is 0 Å². The number of fused-ring (bicyclic) bond motifs is 2. The van der Waals surface area contributed by atoms with Crippen molar-refractivity contribution < 1.29 is 24.2 Å². The van der Waals surface area contributed by atoms with Crippen LogP contribution in [0.2, 0.25) is 0 Å². The molecule has 2 aromatic rings. The van der Waals surface area contributed by atoms with Crippen molar-refractivity contribution in [1.29, 1.82) is 0 Å². The Kier molecular flexibility index (Phi) is 9.08. The maximum Gasteiger partial charge on any atom is 0.255 e. The van der Waals surface area contributed by atoms with Crippen LogP contribution in [0.15, 0.2) is 36.4 Å². The van der Waals surface area contributed by atoms with E-state index in [4.69, 9.17) is 9.47 Å². The second kappa shape index (κ2) is 12.3. The highest BCUT2D eigenvalue weighted by Crippen LogP contribution is 2.32. The van der Waals surface area contributed by atoms with Crippen LogP contribution in [0.1, 0.15) is 57.2 Å². The molecule has 0 radical (unpaired) electrons. The Morgan fingerprint density at radius 2 is 1.97 bits per heavy atom. The van der Waals surface area contributed by atoms with Gasteiger partial charge in [0.15, 0.2) is 0 Å². The van der Waals surface area contributed by atoms with Gasteiger partial charge < -0.3 is 30.1 Å². The summed E-state index contributed by atoms with van der Waals surface area (Å²) in [6.07, 6.45) is 1.90. The minimum Gasteiger partial charge on any atom is -0.493 e. The highest BCUT2D eigenvalue weighted by atomic mass is 35.5. The van der Waals surface area contributed by atoms with Crippen LogP contribution in [0, 0.1) is 5.92 Å². The third-order valence-corrected chi connectivity index (χ3v) is 7.50. The maximum atomic E-state index is 13.2. The van der Waals surface area contributed by atoms with Crippen molar-refractivity contribution in [3.05, 3.63) is 64.2 Å². The number of ether oxygens (including phenoxy) is 2. The third kappa shape index (κ3) is 6.09. The van der Waals surface area contributed by atoms with Crippen molar-refractivity contribution >= 4 is 24.2 Å². The van der Waals surface area contributed by atoms with E-state index in [0.29, 0.717) is 55.5 Å². The summed E-state index contributed by atoms with van der Waals surface area (Å²) >= 11 is 0. The molecule has 0 spiro atoms. The second-order valence-electron chi connectivity index (χ2n) is 9.92. The van der Waals surface area contributed by atoms with Crippen molar-refractivity contribution in [2.75, 3.05) is 32.9 Å². The van der Waals surface area contributed by atoms with E-state index in [1.165, 1.54) is 11.1 Å². The summed E-state index contributed by atoms with van der Waals surface area (Å²) in [5, 5.41) is 17.0. The van der Waals surface area contributed by atoms with Gasteiger partial charge in [-0.05, 0) is 60.9 Å². The first kappa shape index (κ1) is 27.4. The smallest absolute Gasteiger partial charge is 0.255 e. The Balaban J connectivity index is 0.00000320. The molecule has 3 heterocycles. The van der Waals surface area contributed by atoms with Gasteiger partial charge in [-0.25, -0.2) is 0 Å². The predicted molar refractivity (Wildman–Crippen MR) is 142 cm³/mol. The number of amides is 2. The van der Waals surface area contributed by atoms with Gasteiger partial charge in [0.25, 0.3) is 11.8 Å². The van der Waals surface area contributed by atoms with Gasteiger partial charge in [0.05, 0.1) is 18.3 Å². The molecule has 2 amide bonds. The molecule has 3 aliphatic rings. The normalized spacial score (nSPS) is 20.0. The molecule has 1 fully saturated rings. The van der Waals surface area contributed by atoms with Crippen molar-refractivity contribution in [3.63, 3.8) is 0 Å². The molecule has 2 atom stereocenters. The molecule has 0 bridgehead atoms. The average Bonchev–Trinajstić information content (AvgIpc) is 3.21. The summed E-state index contributed by atoms with van der Waals surface area (Å²) in [6, 6.07) is 11.5. The fourth-order valence-corrected chi connectivity index (χ4v) is 5.43. The van der Waals surface area contributed by atoms with Crippen molar-refractivity contribution in [1.82, 2.24) is 15.5 Å².